The lowest BCUT2D eigenvalue weighted by Crippen LogP contribution is -2.15. The van der Waals surface area contributed by atoms with Crippen LogP contribution in [-0.4, -0.2) is 32.3 Å². The average molecular weight is 412 g/mol. The number of rotatable bonds is 7. The second kappa shape index (κ2) is 8.29. The van der Waals surface area contributed by atoms with E-state index in [-0.39, 0.29) is 24.0 Å². The highest BCUT2D eigenvalue weighted by Gasteiger charge is 2.13. The van der Waals surface area contributed by atoms with Crippen molar-refractivity contribution in [3.05, 3.63) is 34.1 Å². The van der Waals surface area contributed by atoms with E-state index in [9.17, 15) is 9.59 Å². The summed E-state index contributed by atoms with van der Waals surface area (Å²) < 4.78 is 2.61. The normalized spacial score (nSPS) is 10.6. The molecule has 9 heteroatoms. The van der Waals surface area contributed by atoms with Gasteiger partial charge in [0, 0.05) is 24.4 Å². The molecular weight excluding hydrogens is 394 g/mol. The van der Waals surface area contributed by atoms with Crippen molar-refractivity contribution in [3.63, 3.8) is 0 Å². The number of nitrogens with two attached hydrogens (primary N) is 1. The maximum absolute atomic E-state index is 12.1. The van der Waals surface area contributed by atoms with Crippen molar-refractivity contribution in [1.82, 2.24) is 14.8 Å². The minimum Gasteiger partial charge on any atom is -0.370 e. The first kappa shape index (κ1) is 18.5. The predicted molar refractivity (Wildman–Crippen MR) is 96.8 cm³/mol. The predicted octanol–water partition coefficient (Wildman–Crippen LogP) is 2.03. The number of primary amides is 1. The van der Waals surface area contributed by atoms with Crippen LogP contribution in [0.15, 0.2) is 27.8 Å². The second-order valence-corrected chi connectivity index (χ2v) is 7.04. The highest BCUT2D eigenvalue weighted by atomic mass is 79.9. The number of anilines is 1. The number of aromatic nitrogens is 3. The van der Waals surface area contributed by atoms with Gasteiger partial charge < -0.3 is 15.6 Å². The fourth-order valence-corrected chi connectivity index (χ4v) is 3.28. The molecule has 0 aliphatic rings. The van der Waals surface area contributed by atoms with Gasteiger partial charge in [0.15, 0.2) is 5.16 Å². The molecule has 1 heterocycles. The largest absolute Gasteiger partial charge is 0.370 e. The highest BCUT2D eigenvalue weighted by molar-refractivity contribution is 9.10. The van der Waals surface area contributed by atoms with Crippen molar-refractivity contribution < 1.29 is 9.59 Å². The van der Waals surface area contributed by atoms with E-state index in [1.165, 1.54) is 11.8 Å². The number of nitrogens with one attached hydrogen (secondary N) is 1. The van der Waals surface area contributed by atoms with Crippen molar-refractivity contribution in [2.75, 3.05) is 11.1 Å². The summed E-state index contributed by atoms with van der Waals surface area (Å²) in [7, 11) is 1.80. The minimum atomic E-state index is -0.379. The van der Waals surface area contributed by atoms with Crippen LogP contribution in [0.2, 0.25) is 0 Å². The van der Waals surface area contributed by atoms with Crippen LogP contribution in [0, 0.1) is 6.92 Å². The van der Waals surface area contributed by atoms with Gasteiger partial charge in [-0.3, -0.25) is 9.59 Å². The molecule has 0 saturated carbocycles. The molecule has 1 aromatic heterocycles. The van der Waals surface area contributed by atoms with Gasteiger partial charge >= 0.3 is 0 Å². The van der Waals surface area contributed by atoms with Crippen LogP contribution in [0.3, 0.4) is 0 Å². The van der Waals surface area contributed by atoms with E-state index in [1.54, 1.807) is 11.6 Å². The summed E-state index contributed by atoms with van der Waals surface area (Å²) in [6, 6.07) is 5.73. The van der Waals surface area contributed by atoms with E-state index < -0.39 is 0 Å². The van der Waals surface area contributed by atoms with Gasteiger partial charge in [0.05, 0.1) is 11.4 Å². The molecule has 0 aliphatic carbocycles. The first-order chi connectivity index (χ1) is 11.4. The molecule has 0 bridgehead atoms. The lowest BCUT2D eigenvalue weighted by molar-refractivity contribution is -0.118. The third kappa shape index (κ3) is 5.07. The summed E-state index contributed by atoms with van der Waals surface area (Å²) in [4.78, 5) is 22.9. The van der Waals surface area contributed by atoms with Gasteiger partial charge in [0.1, 0.15) is 5.82 Å². The molecule has 128 valence electrons. The Morgan fingerprint density at radius 3 is 2.79 bits per heavy atom. The van der Waals surface area contributed by atoms with Crippen LogP contribution in [0.1, 0.15) is 17.8 Å². The van der Waals surface area contributed by atoms with Gasteiger partial charge in [-0.2, -0.15) is 0 Å². The molecule has 0 saturated heterocycles. The van der Waals surface area contributed by atoms with E-state index in [0.29, 0.717) is 17.4 Å². The molecule has 7 nitrogen and oxygen atoms in total. The van der Waals surface area contributed by atoms with Crippen molar-refractivity contribution in [1.29, 1.82) is 0 Å². The van der Waals surface area contributed by atoms with Crippen LogP contribution in [0.25, 0.3) is 0 Å². The lowest BCUT2D eigenvalue weighted by atomic mass is 10.2. The number of hydrogen-bond acceptors (Lipinski definition) is 5. The van der Waals surface area contributed by atoms with Gasteiger partial charge in [-0.1, -0.05) is 17.8 Å². The van der Waals surface area contributed by atoms with E-state index in [1.807, 2.05) is 25.1 Å². The summed E-state index contributed by atoms with van der Waals surface area (Å²) in [5.74, 6) is 0.363. The minimum absolute atomic E-state index is 0.133. The highest BCUT2D eigenvalue weighted by Crippen LogP contribution is 2.24. The van der Waals surface area contributed by atoms with Gasteiger partial charge in [0.25, 0.3) is 0 Å². The number of amides is 2. The molecule has 2 rings (SSSR count). The molecule has 1 aromatic carbocycles. The molecular formula is C15H18BrN5O2S. The number of nitrogens with zero attached hydrogens (tertiary/aromatic N) is 3. The fourth-order valence-electron chi connectivity index (χ4n) is 1.96. The van der Waals surface area contributed by atoms with Crippen LogP contribution in [0.5, 0.6) is 0 Å². The summed E-state index contributed by atoms with van der Waals surface area (Å²) in [6.45, 7) is 1.98. The molecule has 0 spiro atoms. The zero-order valence-electron chi connectivity index (χ0n) is 13.4. The Morgan fingerprint density at radius 2 is 2.12 bits per heavy atom. The maximum atomic E-state index is 12.1. The molecule has 3 N–H and O–H groups in total. The average Bonchev–Trinajstić information content (AvgIpc) is 2.86. The number of hydrogen-bond donors (Lipinski definition) is 2. The van der Waals surface area contributed by atoms with E-state index in [0.717, 1.165) is 15.7 Å². The molecule has 0 fully saturated rings. The number of thioether (sulfide) groups is 1. The monoisotopic (exact) mass is 411 g/mol. The van der Waals surface area contributed by atoms with E-state index >= 15 is 0 Å². The SMILES string of the molecule is Cc1ccc(NC(=O)CSc2nnc(CCC(N)=O)n2C)c(Br)c1. The van der Waals surface area contributed by atoms with Crippen LogP contribution >= 0.6 is 27.7 Å². The summed E-state index contributed by atoms with van der Waals surface area (Å²) in [6.07, 6.45) is 0.653. The summed E-state index contributed by atoms with van der Waals surface area (Å²) in [5, 5.41) is 11.5. The first-order valence-corrected chi connectivity index (χ1v) is 9.00. The molecule has 2 aromatic rings. The Bertz CT molecular complexity index is 762. The number of carbonyl (C=O) groups excluding carboxylic acids is 2. The molecule has 0 unspecified atom stereocenters. The topological polar surface area (TPSA) is 103 Å². The van der Waals surface area contributed by atoms with Gasteiger partial charge in [0.2, 0.25) is 11.8 Å². The quantitative estimate of drug-likeness (QED) is 0.678. The molecule has 0 radical (unpaired) electrons. The van der Waals surface area contributed by atoms with E-state index in [4.69, 9.17) is 5.73 Å². The Kier molecular flexibility index (Phi) is 6.38. The van der Waals surface area contributed by atoms with Gasteiger partial charge in [-0.25, -0.2) is 0 Å². The number of halogens is 1. The molecule has 2 amide bonds. The Morgan fingerprint density at radius 1 is 1.38 bits per heavy atom. The number of benzene rings is 1. The fraction of sp³-hybridized carbons (Fsp3) is 0.333. The Balaban J connectivity index is 1.91. The zero-order chi connectivity index (χ0) is 17.7. The molecule has 0 atom stereocenters. The van der Waals surface area contributed by atoms with Crippen LogP contribution in [0.4, 0.5) is 5.69 Å². The zero-order valence-corrected chi connectivity index (χ0v) is 15.8. The second-order valence-electron chi connectivity index (χ2n) is 5.24. The van der Waals surface area contributed by atoms with Crippen molar-refractivity contribution in [2.24, 2.45) is 12.8 Å². The first-order valence-electron chi connectivity index (χ1n) is 7.22. The standard InChI is InChI=1S/C15H18BrN5O2S/c1-9-3-4-11(10(16)7-9)18-14(23)8-24-15-20-19-13(21(15)2)6-5-12(17)22/h3-4,7H,5-6,8H2,1-2H3,(H2,17,22)(H,18,23). The van der Waals surface area contributed by atoms with Crippen molar-refractivity contribution in [3.8, 4) is 0 Å². The van der Waals surface area contributed by atoms with Crippen molar-refractivity contribution >= 4 is 45.2 Å². The van der Waals surface area contributed by atoms with Crippen LogP contribution < -0.4 is 11.1 Å². The number of aryl methyl sites for hydroxylation is 2. The third-order valence-corrected chi connectivity index (χ3v) is 4.93. The third-order valence-electron chi connectivity index (χ3n) is 3.25. The maximum Gasteiger partial charge on any atom is 0.234 e. The Labute approximate surface area is 152 Å². The smallest absolute Gasteiger partial charge is 0.234 e. The molecule has 0 aliphatic heterocycles. The summed E-state index contributed by atoms with van der Waals surface area (Å²) in [5.41, 5.74) is 6.97. The summed E-state index contributed by atoms with van der Waals surface area (Å²) >= 11 is 4.71. The van der Waals surface area contributed by atoms with Crippen LogP contribution in [-0.2, 0) is 23.1 Å². The lowest BCUT2D eigenvalue weighted by Gasteiger charge is -2.08. The van der Waals surface area contributed by atoms with Crippen molar-refractivity contribution in [2.45, 2.75) is 24.9 Å². The van der Waals surface area contributed by atoms with Gasteiger partial charge in [-0.05, 0) is 40.5 Å². The van der Waals surface area contributed by atoms with E-state index in [2.05, 4.69) is 31.4 Å². The number of carbonyl (C=O) groups is 2. The Hall–Kier alpha value is -1.87. The van der Waals surface area contributed by atoms with Gasteiger partial charge in [-0.15, -0.1) is 10.2 Å². The molecule has 24 heavy (non-hydrogen) atoms.